The van der Waals surface area contributed by atoms with E-state index in [9.17, 15) is 8.42 Å². The quantitative estimate of drug-likeness (QED) is 0.223. The lowest BCUT2D eigenvalue weighted by Gasteiger charge is -2.25. The average Bonchev–Trinajstić information content (AvgIpc) is 2.52. The van der Waals surface area contributed by atoms with Crippen LogP contribution in [0, 0.1) is 5.92 Å². The zero-order valence-corrected chi connectivity index (χ0v) is 19.0. The molecule has 1 saturated heterocycles. The molecule has 0 saturated carbocycles. The van der Waals surface area contributed by atoms with Crippen molar-refractivity contribution < 1.29 is 8.42 Å². The van der Waals surface area contributed by atoms with Gasteiger partial charge in [-0.25, -0.2) is 12.7 Å². The molecule has 0 unspecified atom stereocenters. The topological polar surface area (TPSA) is 73.8 Å². The summed E-state index contributed by atoms with van der Waals surface area (Å²) < 4.78 is 26.2. The van der Waals surface area contributed by atoms with Crippen LogP contribution in [0.15, 0.2) is 4.99 Å². The van der Waals surface area contributed by atoms with Gasteiger partial charge in [-0.1, -0.05) is 13.8 Å². The van der Waals surface area contributed by atoms with Gasteiger partial charge in [0.05, 0.1) is 5.75 Å². The Morgan fingerprint density at radius 1 is 1.25 bits per heavy atom. The molecule has 0 aliphatic carbocycles. The third-order valence-corrected chi connectivity index (χ3v) is 6.38. The monoisotopic (exact) mass is 492 g/mol. The molecular formula is C15H33IN4O2S2. The van der Waals surface area contributed by atoms with E-state index < -0.39 is 10.0 Å². The molecule has 144 valence electrons. The maximum Gasteiger partial charge on any atom is 0.215 e. The Kier molecular flexibility index (Phi) is 13.6. The molecule has 2 N–H and O–H groups in total. The summed E-state index contributed by atoms with van der Waals surface area (Å²) in [5.74, 6) is 3.31. The van der Waals surface area contributed by atoms with E-state index in [2.05, 4.69) is 29.5 Å². The van der Waals surface area contributed by atoms with Crippen LogP contribution in [0.1, 0.15) is 33.6 Å². The normalized spacial score (nSPS) is 16.8. The minimum atomic E-state index is -3.16. The van der Waals surface area contributed by atoms with Crippen LogP contribution in [0.3, 0.4) is 0 Å². The summed E-state index contributed by atoms with van der Waals surface area (Å²) in [6.07, 6.45) is 2.21. The van der Waals surface area contributed by atoms with Crippen LogP contribution in [0.2, 0.25) is 0 Å². The number of guanidine groups is 1. The van der Waals surface area contributed by atoms with Gasteiger partial charge in [-0.05, 0) is 25.7 Å². The summed E-state index contributed by atoms with van der Waals surface area (Å²) in [6, 6.07) is 0. The molecule has 1 aliphatic rings. The van der Waals surface area contributed by atoms with Gasteiger partial charge in [0.15, 0.2) is 5.96 Å². The van der Waals surface area contributed by atoms with Crippen LogP contribution in [0.5, 0.6) is 0 Å². The van der Waals surface area contributed by atoms with E-state index in [1.54, 1.807) is 4.31 Å². The molecule has 0 aromatic rings. The van der Waals surface area contributed by atoms with Gasteiger partial charge in [0.1, 0.15) is 0 Å². The Balaban J connectivity index is 0.00000529. The summed E-state index contributed by atoms with van der Waals surface area (Å²) in [7, 11) is -3.16. The van der Waals surface area contributed by atoms with Gasteiger partial charge in [0.2, 0.25) is 10.0 Å². The van der Waals surface area contributed by atoms with Crippen molar-refractivity contribution in [2.45, 2.75) is 33.6 Å². The second-order valence-electron chi connectivity index (χ2n) is 6.05. The molecule has 0 spiro atoms. The summed E-state index contributed by atoms with van der Waals surface area (Å²) >= 11 is 1.81. The van der Waals surface area contributed by atoms with Crippen molar-refractivity contribution in [3.05, 3.63) is 0 Å². The van der Waals surface area contributed by atoms with Gasteiger partial charge >= 0.3 is 0 Å². The molecule has 0 radical (unpaired) electrons. The van der Waals surface area contributed by atoms with Crippen molar-refractivity contribution in [1.29, 1.82) is 0 Å². The Labute approximate surface area is 169 Å². The number of nitrogens with one attached hydrogen (secondary N) is 2. The van der Waals surface area contributed by atoms with E-state index in [4.69, 9.17) is 0 Å². The number of hydrogen-bond donors (Lipinski definition) is 2. The first-order valence-corrected chi connectivity index (χ1v) is 11.3. The summed E-state index contributed by atoms with van der Waals surface area (Å²) in [6.45, 7) is 9.62. The van der Waals surface area contributed by atoms with E-state index >= 15 is 0 Å². The minimum Gasteiger partial charge on any atom is -0.357 e. The zero-order valence-electron chi connectivity index (χ0n) is 15.1. The molecule has 0 bridgehead atoms. The molecule has 6 nitrogen and oxygen atoms in total. The van der Waals surface area contributed by atoms with Crippen molar-refractivity contribution in [3.8, 4) is 0 Å². The highest BCUT2D eigenvalue weighted by molar-refractivity contribution is 14.0. The number of sulfonamides is 1. The maximum atomic E-state index is 12.3. The predicted octanol–water partition coefficient (Wildman–Crippen LogP) is 1.97. The molecule has 0 amide bonds. The smallest absolute Gasteiger partial charge is 0.215 e. The van der Waals surface area contributed by atoms with Crippen LogP contribution in [0.4, 0.5) is 0 Å². The summed E-state index contributed by atoms with van der Waals surface area (Å²) in [5.41, 5.74) is 0. The molecule has 1 heterocycles. The number of rotatable bonds is 9. The number of thioether (sulfide) groups is 1. The molecule has 1 aliphatic heterocycles. The van der Waals surface area contributed by atoms with Gasteiger partial charge in [-0.2, -0.15) is 11.8 Å². The summed E-state index contributed by atoms with van der Waals surface area (Å²) in [4.78, 5) is 4.50. The van der Waals surface area contributed by atoms with Crippen LogP contribution in [-0.4, -0.2) is 68.7 Å². The van der Waals surface area contributed by atoms with Gasteiger partial charge < -0.3 is 10.6 Å². The second-order valence-corrected chi connectivity index (χ2v) is 9.36. The Hall–Kier alpha value is 0.260. The lowest BCUT2D eigenvalue weighted by atomic mass is 10.1. The standard InChI is InChI=1S/C15H32N4O2S2.HI/c1-4-16-15(17-7-5-6-14(2)3)18-8-13-23(20,21)19-9-11-22-12-10-19;/h14H,4-13H2,1-3H3,(H2,16,17,18);1H. The fraction of sp³-hybridized carbons (Fsp3) is 0.933. The third kappa shape index (κ3) is 10.3. The Morgan fingerprint density at radius 3 is 2.50 bits per heavy atom. The van der Waals surface area contributed by atoms with Gasteiger partial charge in [0.25, 0.3) is 0 Å². The second kappa shape index (κ2) is 13.5. The average molecular weight is 492 g/mol. The highest BCUT2D eigenvalue weighted by Crippen LogP contribution is 2.12. The lowest BCUT2D eigenvalue weighted by Crippen LogP contribution is -2.44. The van der Waals surface area contributed by atoms with Crippen molar-refractivity contribution in [2.24, 2.45) is 10.9 Å². The highest BCUT2D eigenvalue weighted by Gasteiger charge is 2.23. The third-order valence-electron chi connectivity index (χ3n) is 3.57. The Bertz CT molecular complexity index is 452. The first-order chi connectivity index (χ1) is 11.0. The van der Waals surface area contributed by atoms with E-state index in [-0.39, 0.29) is 29.7 Å². The first kappa shape index (κ1) is 24.3. The number of halogens is 1. The molecule has 0 aromatic carbocycles. The molecule has 1 rings (SSSR count). The van der Waals surface area contributed by atoms with E-state index in [1.165, 1.54) is 0 Å². The summed E-state index contributed by atoms with van der Waals surface area (Å²) in [5, 5.41) is 6.30. The van der Waals surface area contributed by atoms with Crippen LogP contribution in [-0.2, 0) is 10.0 Å². The SMILES string of the molecule is CCNC(=NCCCC(C)C)NCCS(=O)(=O)N1CCSCC1.I. The number of aliphatic imine (C=N–C) groups is 1. The van der Waals surface area contributed by atoms with E-state index in [0.29, 0.717) is 31.5 Å². The van der Waals surface area contributed by atoms with Crippen molar-refractivity contribution in [3.63, 3.8) is 0 Å². The molecular weight excluding hydrogens is 459 g/mol. The minimum absolute atomic E-state index is 0. The van der Waals surface area contributed by atoms with Crippen molar-refractivity contribution in [1.82, 2.24) is 14.9 Å². The maximum absolute atomic E-state index is 12.3. The van der Waals surface area contributed by atoms with Crippen LogP contribution >= 0.6 is 35.7 Å². The largest absolute Gasteiger partial charge is 0.357 e. The highest BCUT2D eigenvalue weighted by atomic mass is 127. The fourth-order valence-electron chi connectivity index (χ4n) is 2.28. The van der Waals surface area contributed by atoms with Crippen molar-refractivity contribution in [2.75, 3.05) is 50.0 Å². The zero-order chi connectivity index (χ0) is 17.1. The fourth-order valence-corrected chi connectivity index (χ4v) is 4.78. The van der Waals surface area contributed by atoms with Gasteiger partial charge in [0, 0.05) is 44.2 Å². The van der Waals surface area contributed by atoms with Crippen LogP contribution < -0.4 is 10.6 Å². The van der Waals surface area contributed by atoms with E-state index in [0.717, 1.165) is 37.4 Å². The van der Waals surface area contributed by atoms with E-state index in [1.807, 2.05) is 18.7 Å². The molecule has 24 heavy (non-hydrogen) atoms. The first-order valence-electron chi connectivity index (χ1n) is 8.53. The number of nitrogens with zero attached hydrogens (tertiary/aromatic N) is 2. The van der Waals surface area contributed by atoms with Crippen molar-refractivity contribution >= 4 is 51.7 Å². The van der Waals surface area contributed by atoms with Gasteiger partial charge in [-0.15, -0.1) is 24.0 Å². The number of hydrogen-bond acceptors (Lipinski definition) is 4. The molecule has 1 fully saturated rings. The molecule has 0 atom stereocenters. The molecule has 0 aromatic heterocycles. The predicted molar refractivity (Wildman–Crippen MR) is 116 cm³/mol. The Morgan fingerprint density at radius 2 is 1.92 bits per heavy atom. The van der Waals surface area contributed by atoms with Crippen LogP contribution in [0.25, 0.3) is 0 Å². The van der Waals surface area contributed by atoms with Gasteiger partial charge in [-0.3, -0.25) is 4.99 Å². The lowest BCUT2D eigenvalue weighted by molar-refractivity contribution is 0.443. The molecule has 9 heteroatoms.